The predicted molar refractivity (Wildman–Crippen MR) is 100 cm³/mol. The first kappa shape index (κ1) is 20.7. The maximum atomic E-state index is 12.2. The van der Waals surface area contributed by atoms with Crippen molar-refractivity contribution in [3.63, 3.8) is 0 Å². The number of nitrogens with zero attached hydrogens (tertiary/aromatic N) is 1. The van der Waals surface area contributed by atoms with Gasteiger partial charge >= 0.3 is 6.36 Å². The number of alkyl halides is 3. The van der Waals surface area contributed by atoms with E-state index in [1.807, 2.05) is 0 Å². The largest absolute Gasteiger partial charge is 0.573 e. The number of hydrogen-bond acceptors (Lipinski definition) is 5. The normalized spacial score (nSPS) is 14.2. The highest BCUT2D eigenvalue weighted by Gasteiger charge is 2.31. The van der Waals surface area contributed by atoms with Crippen molar-refractivity contribution in [1.29, 1.82) is 0 Å². The van der Waals surface area contributed by atoms with Crippen LogP contribution in [-0.2, 0) is 22.6 Å². The number of ether oxygens (including phenoxy) is 1. The molecule has 1 heterocycles. The van der Waals surface area contributed by atoms with Gasteiger partial charge in [-0.3, -0.25) is 19.3 Å². The number of nitrogens with one attached hydrogen (secondary N) is 1. The van der Waals surface area contributed by atoms with Gasteiger partial charge in [0.1, 0.15) is 5.75 Å². The number of carbonyl (C=O) groups is 3. The van der Waals surface area contributed by atoms with Crippen LogP contribution in [0.2, 0.25) is 0 Å². The number of anilines is 1. The summed E-state index contributed by atoms with van der Waals surface area (Å²) in [5, 5.41) is 2.40. The summed E-state index contributed by atoms with van der Waals surface area (Å²) < 4.78 is 40.2. The maximum absolute atomic E-state index is 12.2. The van der Waals surface area contributed by atoms with Crippen molar-refractivity contribution in [3.8, 4) is 5.75 Å². The van der Waals surface area contributed by atoms with Gasteiger partial charge in [-0.2, -0.15) is 0 Å². The number of imide groups is 1. The number of thioether (sulfide) groups is 1. The average molecular weight is 424 g/mol. The third-order valence-electron chi connectivity index (χ3n) is 3.94. The van der Waals surface area contributed by atoms with Gasteiger partial charge < -0.3 is 10.1 Å². The Labute approximate surface area is 168 Å². The molecule has 1 aliphatic heterocycles. The van der Waals surface area contributed by atoms with Crippen molar-refractivity contribution in [2.24, 2.45) is 0 Å². The molecular formula is C19H15F3N2O4S. The summed E-state index contributed by atoms with van der Waals surface area (Å²) in [6.07, 6.45) is -4.79. The second-order valence-electron chi connectivity index (χ2n) is 6.15. The summed E-state index contributed by atoms with van der Waals surface area (Å²) >= 11 is 0.966. The highest BCUT2D eigenvalue weighted by Crippen LogP contribution is 2.23. The van der Waals surface area contributed by atoms with Crippen molar-refractivity contribution < 1.29 is 32.3 Å². The highest BCUT2D eigenvalue weighted by molar-refractivity contribution is 8.14. The Morgan fingerprint density at radius 2 is 1.66 bits per heavy atom. The molecular weight excluding hydrogens is 409 g/mol. The third kappa shape index (κ3) is 5.98. The van der Waals surface area contributed by atoms with Gasteiger partial charge in [-0.15, -0.1) is 13.2 Å². The van der Waals surface area contributed by atoms with Crippen LogP contribution in [0.25, 0.3) is 0 Å². The van der Waals surface area contributed by atoms with Crippen molar-refractivity contribution in [2.45, 2.75) is 19.3 Å². The molecule has 0 aliphatic carbocycles. The van der Waals surface area contributed by atoms with E-state index in [1.165, 1.54) is 17.0 Å². The molecule has 0 aromatic heterocycles. The van der Waals surface area contributed by atoms with Crippen LogP contribution in [0.1, 0.15) is 11.1 Å². The fourth-order valence-corrected chi connectivity index (χ4v) is 3.33. The maximum Gasteiger partial charge on any atom is 0.573 e. The Bertz CT molecular complexity index is 899. The van der Waals surface area contributed by atoms with Gasteiger partial charge in [0, 0.05) is 5.69 Å². The van der Waals surface area contributed by atoms with E-state index in [-0.39, 0.29) is 41.5 Å². The van der Waals surface area contributed by atoms with E-state index in [1.54, 1.807) is 24.3 Å². The molecule has 152 valence electrons. The number of carbonyl (C=O) groups excluding carboxylic acids is 3. The second-order valence-corrected chi connectivity index (χ2v) is 7.07. The molecule has 2 aromatic carbocycles. The molecule has 0 spiro atoms. The number of rotatable bonds is 6. The topological polar surface area (TPSA) is 75.7 Å². The molecule has 2 aromatic rings. The predicted octanol–water partition coefficient (Wildman–Crippen LogP) is 3.96. The molecule has 1 aliphatic rings. The Kier molecular flexibility index (Phi) is 6.12. The summed E-state index contributed by atoms with van der Waals surface area (Å²) in [6.45, 7) is 0.172. The first-order valence-corrected chi connectivity index (χ1v) is 9.39. The molecule has 29 heavy (non-hydrogen) atoms. The lowest BCUT2D eigenvalue weighted by Gasteiger charge is -2.13. The fraction of sp³-hybridized carbons (Fsp3) is 0.211. The van der Waals surface area contributed by atoms with Gasteiger partial charge in [-0.05, 0) is 35.4 Å². The minimum atomic E-state index is -4.76. The molecule has 1 saturated heterocycles. The fourth-order valence-electron chi connectivity index (χ4n) is 2.61. The molecule has 6 nitrogen and oxygen atoms in total. The Morgan fingerprint density at radius 1 is 1.03 bits per heavy atom. The third-order valence-corrected chi connectivity index (χ3v) is 4.80. The quantitative estimate of drug-likeness (QED) is 0.760. The molecule has 0 atom stereocenters. The van der Waals surface area contributed by atoms with Crippen LogP contribution >= 0.6 is 11.8 Å². The second kappa shape index (κ2) is 8.56. The first-order chi connectivity index (χ1) is 13.7. The zero-order valence-corrected chi connectivity index (χ0v) is 15.7. The van der Waals surface area contributed by atoms with Crippen LogP contribution in [0.3, 0.4) is 0 Å². The molecule has 0 unspecified atom stereocenters. The average Bonchev–Trinajstić information content (AvgIpc) is 2.96. The van der Waals surface area contributed by atoms with Crippen LogP contribution < -0.4 is 10.1 Å². The summed E-state index contributed by atoms with van der Waals surface area (Å²) in [5.41, 5.74) is 1.79. The van der Waals surface area contributed by atoms with Gasteiger partial charge in [0.25, 0.3) is 5.24 Å². The molecule has 0 bridgehead atoms. The van der Waals surface area contributed by atoms with Gasteiger partial charge in [-0.1, -0.05) is 36.0 Å². The van der Waals surface area contributed by atoms with Crippen molar-refractivity contribution in [1.82, 2.24) is 4.90 Å². The molecule has 0 saturated carbocycles. The van der Waals surface area contributed by atoms with Gasteiger partial charge in [0.05, 0.1) is 18.7 Å². The van der Waals surface area contributed by atoms with Gasteiger partial charge in [-0.25, -0.2) is 0 Å². The van der Waals surface area contributed by atoms with E-state index in [4.69, 9.17) is 0 Å². The number of hydrogen-bond donors (Lipinski definition) is 1. The summed E-state index contributed by atoms with van der Waals surface area (Å²) in [4.78, 5) is 36.5. The van der Waals surface area contributed by atoms with Crippen LogP contribution in [0, 0.1) is 0 Å². The van der Waals surface area contributed by atoms with Crippen LogP contribution in [0.15, 0.2) is 48.5 Å². The zero-order chi connectivity index (χ0) is 21.0. The molecule has 3 amide bonds. The lowest BCUT2D eigenvalue weighted by molar-refractivity contribution is -0.274. The van der Waals surface area contributed by atoms with Crippen LogP contribution in [-0.4, -0.2) is 34.1 Å². The molecule has 10 heteroatoms. The molecule has 0 radical (unpaired) electrons. The summed E-state index contributed by atoms with van der Waals surface area (Å²) in [5.74, 6) is -0.783. The molecule has 3 rings (SSSR count). The van der Waals surface area contributed by atoms with E-state index >= 15 is 0 Å². The van der Waals surface area contributed by atoms with E-state index in [0.717, 1.165) is 29.5 Å². The molecule has 1 N–H and O–H groups in total. The zero-order valence-electron chi connectivity index (χ0n) is 14.9. The monoisotopic (exact) mass is 424 g/mol. The lowest BCUT2D eigenvalue weighted by Crippen LogP contribution is -2.27. The smallest absolute Gasteiger partial charge is 0.406 e. The highest BCUT2D eigenvalue weighted by atomic mass is 32.2. The van der Waals surface area contributed by atoms with Crippen molar-refractivity contribution in [3.05, 3.63) is 59.7 Å². The van der Waals surface area contributed by atoms with Gasteiger partial charge in [0.15, 0.2) is 0 Å². The van der Waals surface area contributed by atoms with Gasteiger partial charge in [0.2, 0.25) is 11.8 Å². The number of halogens is 3. The van der Waals surface area contributed by atoms with Crippen molar-refractivity contribution in [2.75, 3.05) is 11.1 Å². The van der Waals surface area contributed by atoms with Crippen molar-refractivity contribution >= 4 is 34.5 Å². The Balaban J connectivity index is 1.53. The lowest BCUT2D eigenvalue weighted by atomic mass is 10.1. The SMILES string of the molecule is O=C(Cc1ccc(OC(F)(F)F)cc1)Nc1ccc(CN2C(=O)CSC2=O)cc1. The van der Waals surface area contributed by atoms with Crippen LogP contribution in [0.4, 0.5) is 23.7 Å². The number of benzene rings is 2. The Hall–Kier alpha value is -3.01. The Morgan fingerprint density at radius 3 is 2.21 bits per heavy atom. The molecule has 1 fully saturated rings. The first-order valence-electron chi connectivity index (χ1n) is 8.40. The minimum Gasteiger partial charge on any atom is -0.406 e. The summed E-state index contributed by atoms with van der Waals surface area (Å²) in [6, 6.07) is 11.7. The van der Waals surface area contributed by atoms with E-state index in [0.29, 0.717) is 11.3 Å². The summed E-state index contributed by atoms with van der Waals surface area (Å²) in [7, 11) is 0. The van der Waals surface area contributed by atoms with E-state index in [2.05, 4.69) is 10.1 Å². The van der Waals surface area contributed by atoms with Crippen LogP contribution in [0.5, 0.6) is 5.75 Å². The minimum absolute atomic E-state index is 0.0257. The standard InChI is InChI=1S/C19H15F3N2O4S/c20-19(21,22)28-15-7-3-12(4-8-15)9-16(25)23-14-5-1-13(2-6-14)10-24-17(26)11-29-18(24)27/h1-8H,9-11H2,(H,23,25). The van der Waals surface area contributed by atoms with E-state index in [9.17, 15) is 27.6 Å². The van der Waals surface area contributed by atoms with E-state index < -0.39 is 6.36 Å². The number of amides is 3.